The summed E-state index contributed by atoms with van der Waals surface area (Å²) in [5.41, 5.74) is 4.40. The average Bonchev–Trinajstić information content (AvgIpc) is 3.27. The molecule has 3 heterocycles. The highest BCUT2D eigenvalue weighted by Crippen LogP contribution is 2.33. The predicted molar refractivity (Wildman–Crippen MR) is 130 cm³/mol. The molecule has 1 amide bonds. The highest BCUT2D eigenvalue weighted by molar-refractivity contribution is 7.22. The molecule has 0 bridgehead atoms. The van der Waals surface area contributed by atoms with Crippen LogP contribution in [0.4, 0.5) is 9.52 Å². The monoisotopic (exact) mass is 483 g/mol. The summed E-state index contributed by atoms with van der Waals surface area (Å²) in [5.74, 6) is -0.653. The van der Waals surface area contributed by atoms with Crippen LogP contribution in [0.25, 0.3) is 16.0 Å². The second-order valence-electron chi connectivity index (χ2n) is 8.24. The van der Waals surface area contributed by atoms with Gasteiger partial charge in [-0.25, -0.2) is 9.07 Å². The Labute approximate surface area is 200 Å². The summed E-state index contributed by atoms with van der Waals surface area (Å²) in [6.45, 7) is 6.74. The summed E-state index contributed by atoms with van der Waals surface area (Å²) < 4.78 is 16.4. The highest BCUT2D eigenvalue weighted by Gasteiger charge is 2.24. The van der Waals surface area contributed by atoms with Gasteiger partial charge in [-0.15, -0.1) is 0 Å². The van der Waals surface area contributed by atoms with Gasteiger partial charge in [-0.05, 0) is 50.6 Å². The minimum Gasteiger partial charge on any atom is -0.346 e. The maximum atomic E-state index is 13.5. The van der Waals surface area contributed by atoms with Crippen molar-refractivity contribution < 1.29 is 9.18 Å². The lowest BCUT2D eigenvalue weighted by molar-refractivity contribution is 0.0767. The molecule has 0 unspecified atom stereocenters. The number of benzene rings is 2. The van der Waals surface area contributed by atoms with Crippen molar-refractivity contribution in [3.8, 4) is 5.69 Å². The maximum absolute atomic E-state index is 13.5. The average molecular weight is 484 g/mol. The van der Waals surface area contributed by atoms with E-state index >= 15 is 0 Å². The van der Waals surface area contributed by atoms with E-state index in [1.165, 1.54) is 23.8 Å². The minimum absolute atomic E-state index is 0.0373. The third-order valence-corrected chi connectivity index (χ3v) is 7.38. The van der Waals surface area contributed by atoms with Gasteiger partial charge >= 0.3 is 0 Å². The highest BCUT2D eigenvalue weighted by atomic mass is 35.5. The first-order chi connectivity index (χ1) is 15.9. The quantitative estimate of drug-likeness (QED) is 0.399. The lowest BCUT2D eigenvalue weighted by atomic mass is 10.2. The third kappa shape index (κ3) is 4.20. The molecular formula is C24H23ClFN5OS. The van der Waals surface area contributed by atoms with Crippen molar-refractivity contribution in [1.82, 2.24) is 19.7 Å². The zero-order chi connectivity index (χ0) is 23.1. The second-order valence-corrected chi connectivity index (χ2v) is 9.63. The maximum Gasteiger partial charge on any atom is 0.253 e. The summed E-state index contributed by atoms with van der Waals surface area (Å²) in [4.78, 5) is 21.9. The molecule has 33 heavy (non-hydrogen) atoms. The molecule has 1 aliphatic rings. The first-order valence-corrected chi connectivity index (χ1v) is 12.0. The molecule has 1 saturated heterocycles. The number of hydrogen-bond acceptors (Lipinski definition) is 5. The van der Waals surface area contributed by atoms with Gasteiger partial charge in [0.1, 0.15) is 5.82 Å². The van der Waals surface area contributed by atoms with Gasteiger partial charge in [0, 0.05) is 31.7 Å². The zero-order valence-electron chi connectivity index (χ0n) is 18.4. The van der Waals surface area contributed by atoms with Crippen LogP contribution in [0.5, 0.6) is 0 Å². The number of nitrogens with zero attached hydrogens (tertiary/aromatic N) is 5. The van der Waals surface area contributed by atoms with E-state index in [1.807, 2.05) is 11.6 Å². The van der Waals surface area contributed by atoms with E-state index in [0.29, 0.717) is 25.2 Å². The van der Waals surface area contributed by atoms with Crippen molar-refractivity contribution in [1.29, 1.82) is 0 Å². The number of amides is 1. The van der Waals surface area contributed by atoms with Gasteiger partial charge in [0.2, 0.25) is 0 Å². The number of aryl methyl sites for hydroxylation is 2. The molecule has 6 nitrogen and oxygen atoms in total. The van der Waals surface area contributed by atoms with Crippen LogP contribution in [-0.4, -0.2) is 51.8 Å². The van der Waals surface area contributed by atoms with E-state index in [9.17, 15) is 9.18 Å². The Morgan fingerprint density at radius 2 is 1.85 bits per heavy atom. The smallest absolute Gasteiger partial charge is 0.253 e. The van der Waals surface area contributed by atoms with Crippen LogP contribution >= 0.6 is 22.9 Å². The number of anilines is 1. The van der Waals surface area contributed by atoms with Crippen LogP contribution in [0, 0.1) is 19.7 Å². The number of aromatic nitrogens is 3. The fraction of sp³-hybridized carbons (Fsp3) is 0.292. The molecule has 0 atom stereocenters. The Kier molecular flexibility index (Phi) is 5.80. The molecular weight excluding hydrogens is 461 g/mol. The number of hydrogen-bond donors (Lipinski definition) is 0. The number of rotatable bonds is 3. The van der Waals surface area contributed by atoms with Crippen molar-refractivity contribution in [3.63, 3.8) is 0 Å². The van der Waals surface area contributed by atoms with Crippen molar-refractivity contribution in [2.24, 2.45) is 0 Å². The molecule has 9 heteroatoms. The SMILES string of the molecule is Cc1ccc(-n2nc(C)c3sc(N4CCCN(C(=O)c5ccc(F)c(Cl)c5)CC4)nc32)cc1. The summed E-state index contributed by atoms with van der Waals surface area (Å²) in [7, 11) is 0. The van der Waals surface area contributed by atoms with Gasteiger partial charge in [0.25, 0.3) is 5.91 Å². The summed E-state index contributed by atoms with van der Waals surface area (Å²) >= 11 is 7.51. The van der Waals surface area contributed by atoms with Crippen LogP contribution in [0.1, 0.15) is 28.0 Å². The van der Waals surface area contributed by atoms with E-state index in [-0.39, 0.29) is 10.9 Å². The Balaban J connectivity index is 1.36. The Hall–Kier alpha value is -2.97. The molecule has 2 aromatic carbocycles. The number of carbonyl (C=O) groups is 1. The molecule has 4 aromatic rings. The van der Waals surface area contributed by atoms with Crippen LogP contribution in [0.2, 0.25) is 5.02 Å². The number of thiazole rings is 1. The number of fused-ring (bicyclic) bond motifs is 1. The second kappa shape index (κ2) is 8.76. The topological polar surface area (TPSA) is 54.3 Å². The van der Waals surface area contributed by atoms with Crippen molar-refractivity contribution >= 4 is 44.3 Å². The summed E-state index contributed by atoms with van der Waals surface area (Å²) in [6.07, 6.45) is 0.819. The molecule has 170 valence electrons. The zero-order valence-corrected chi connectivity index (χ0v) is 20.0. The van der Waals surface area contributed by atoms with Crippen LogP contribution in [-0.2, 0) is 0 Å². The molecule has 5 rings (SSSR count). The van der Waals surface area contributed by atoms with Crippen LogP contribution in [0.15, 0.2) is 42.5 Å². The lowest BCUT2D eigenvalue weighted by Crippen LogP contribution is -2.35. The molecule has 1 aliphatic heterocycles. The fourth-order valence-electron chi connectivity index (χ4n) is 4.05. The molecule has 0 radical (unpaired) electrons. The largest absolute Gasteiger partial charge is 0.346 e. The van der Waals surface area contributed by atoms with E-state index in [2.05, 4.69) is 36.1 Å². The molecule has 0 aliphatic carbocycles. The molecule has 0 spiro atoms. The van der Waals surface area contributed by atoms with E-state index in [1.54, 1.807) is 16.2 Å². The number of halogens is 2. The Morgan fingerprint density at radius 1 is 1.06 bits per heavy atom. The van der Waals surface area contributed by atoms with Gasteiger partial charge in [0.15, 0.2) is 10.8 Å². The van der Waals surface area contributed by atoms with Gasteiger partial charge in [-0.3, -0.25) is 4.79 Å². The van der Waals surface area contributed by atoms with E-state index < -0.39 is 5.82 Å². The van der Waals surface area contributed by atoms with Crippen molar-refractivity contribution in [2.45, 2.75) is 20.3 Å². The van der Waals surface area contributed by atoms with E-state index in [0.717, 1.165) is 39.8 Å². The normalized spacial score (nSPS) is 14.7. The molecule has 2 aromatic heterocycles. The number of carbonyl (C=O) groups excluding carboxylic acids is 1. The van der Waals surface area contributed by atoms with Crippen LogP contribution < -0.4 is 4.90 Å². The molecule has 1 fully saturated rings. The first-order valence-electron chi connectivity index (χ1n) is 10.8. The Morgan fingerprint density at radius 3 is 2.61 bits per heavy atom. The molecule has 0 N–H and O–H groups in total. The third-order valence-electron chi connectivity index (χ3n) is 5.88. The lowest BCUT2D eigenvalue weighted by Gasteiger charge is -2.22. The fourth-order valence-corrected chi connectivity index (χ4v) is 5.27. The van der Waals surface area contributed by atoms with Crippen molar-refractivity contribution in [3.05, 3.63) is 70.1 Å². The predicted octanol–water partition coefficient (Wildman–Crippen LogP) is 5.24. The van der Waals surface area contributed by atoms with Gasteiger partial charge in [0.05, 0.1) is 21.1 Å². The minimum atomic E-state index is -0.523. The molecule has 0 saturated carbocycles. The van der Waals surface area contributed by atoms with Crippen LogP contribution in [0.3, 0.4) is 0 Å². The van der Waals surface area contributed by atoms with Gasteiger partial charge < -0.3 is 9.80 Å². The standard InChI is InChI=1S/C24H23ClFN5OS/c1-15-4-7-18(8-5-15)31-22-21(16(2)28-31)33-24(27-22)30-11-3-10-29(12-13-30)23(32)17-6-9-20(26)19(25)14-17/h4-9,14H,3,10-13H2,1-2H3. The summed E-state index contributed by atoms with van der Waals surface area (Å²) in [5, 5.41) is 5.59. The van der Waals surface area contributed by atoms with E-state index in [4.69, 9.17) is 21.7 Å². The first kappa shape index (κ1) is 21.9. The van der Waals surface area contributed by atoms with Crippen molar-refractivity contribution in [2.75, 3.05) is 31.1 Å². The van der Waals surface area contributed by atoms with Gasteiger partial charge in [-0.2, -0.15) is 10.1 Å². The summed E-state index contributed by atoms with van der Waals surface area (Å²) in [6, 6.07) is 12.4. The Bertz CT molecular complexity index is 1330. The van der Waals surface area contributed by atoms with Gasteiger partial charge in [-0.1, -0.05) is 40.6 Å².